The molecule has 1 heterocycles. The van der Waals surface area contributed by atoms with Gasteiger partial charge in [-0.05, 0) is 48.6 Å². The van der Waals surface area contributed by atoms with Crippen molar-refractivity contribution in [3.63, 3.8) is 0 Å². The van der Waals surface area contributed by atoms with E-state index in [0.29, 0.717) is 12.0 Å². The Hall–Kier alpha value is -1.55. The molecule has 3 rings (SSSR count). The van der Waals surface area contributed by atoms with E-state index in [-0.39, 0.29) is 0 Å². The van der Waals surface area contributed by atoms with Gasteiger partial charge < -0.3 is 10.2 Å². The van der Waals surface area contributed by atoms with Gasteiger partial charge in [0.15, 0.2) is 0 Å². The van der Waals surface area contributed by atoms with Gasteiger partial charge >= 0.3 is 0 Å². The lowest BCUT2D eigenvalue weighted by Gasteiger charge is -2.37. The number of pyridine rings is 1. The lowest BCUT2D eigenvalue weighted by atomic mass is 9.76. The number of anilines is 2. The van der Waals surface area contributed by atoms with E-state index >= 15 is 0 Å². The van der Waals surface area contributed by atoms with E-state index in [1.165, 1.54) is 18.4 Å². The number of rotatable bonds is 4. The molecule has 21 heavy (non-hydrogen) atoms. The number of hydrogen-bond acceptors (Lipinski definition) is 3. The SMILES string of the molecule is CN(C)c1ccc(NC2CC(c3ccc(Br)cc3)C2)cn1. The zero-order valence-corrected chi connectivity index (χ0v) is 14.0. The van der Waals surface area contributed by atoms with Crippen LogP contribution in [0.4, 0.5) is 11.5 Å². The largest absolute Gasteiger partial charge is 0.381 e. The molecule has 1 aromatic heterocycles. The summed E-state index contributed by atoms with van der Waals surface area (Å²) < 4.78 is 1.15. The second-order valence-electron chi connectivity index (χ2n) is 5.86. The van der Waals surface area contributed by atoms with Gasteiger partial charge in [-0.2, -0.15) is 0 Å². The lowest BCUT2D eigenvalue weighted by molar-refractivity contribution is 0.374. The van der Waals surface area contributed by atoms with Gasteiger partial charge in [-0.3, -0.25) is 0 Å². The highest BCUT2D eigenvalue weighted by atomic mass is 79.9. The summed E-state index contributed by atoms with van der Waals surface area (Å²) in [5.41, 5.74) is 2.55. The Labute approximate surface area is 134 Å². The molecule has 1 aromatic carbocycles. The van der Waals surface area contributed by atoms with Gasteiger partial charge in [0.25, 0.3) is 0 Å². The Bertz CT molecular complexity index is 586. The predicted molar refractivity (Wildman–Crippen MR) is 92.1 cm³/mol. The summed E-state index contributed by atoms with van der Waals surface area (Å²) >= 11 is 3.48. The van der Waals surface area contributed by atoms with E-state index in [9.17, 15) is 0 Å². The van der Waals surface area contributed by atoms with Crippen molar-refractivity contribution in [2.24, 2.45) is 0 Å². The molecule has 0 unspecified atom stereocenters. The molecule has 0 saturated heterocycles. The van der Waals surface area contributed by atoms with Crippen LogP contribution in [-0.2, 0) is 0 Å². The quantitative estimate of drug-likeness (QED) is 0.896. The Morgan fingerprint density at radius 1 is 1.10 bits per heavy atom. The van der Waals surface area contributed by atoms with Crippen molar-refractivity contribution in [2.45, 2.75) is 24.8 Å². The molecule has 0 aliphatic heterocycles. The van der Waals surface area contributed by atoms with Crippen LogP contribution in [0.25, 0.3) is 0 Å². The van der Waals surface area contributed by atoms with E-state index in [2.05, 4.69) is 56.6 Å². The number of halogens is 1. The Kier molecular flexibility index (Phi) is 4.15. The smallest absolute Gasteiger partial charge is 0.128 e. The number of nitrogens with zero attached hydrogens (tertiary/aromatic N) is 2. The summed E-state index contributed by atoms with van der Waals surface area (Å²) in [7, 11) is 4.01. The minimum atomic E-state index is 0.561. The molecular formula is C17H20BrN3. The summed E-state index contributed by atoms with van der Waals surface area (Å²) in [6.07, 6.45) is 4.30. The second kappa shape index (κ2) is 6.06. The van der Waals surface area contributed by atoms with Crippen LogP contribution in [0.15, 0.2) is 47.1 Å². The third-order valence-electron chi connectivity index (χ3n) is 4.06. The van der Waals surface area contributed by atoms with Crippen LogP contribution >= 0.6 is 15.9 Å². The van der Waals surface area contributed by atoms with E-state index in [4.69, 9.17) is 0 Å². The van der Waals surface area contributed by atoms with Crippen molar-refractivity contribution >= 4 is 27.4 Å². The van der Waals surface area contributed by atoms with Gasteiger partial charge in [0, 0.05) is 24.6 Å². The molecule has 0 amide bonds. The average Bonchev–Trinajstić information content (AvgIpc) is 2.44. The summed E-state index contributed by atoms with van der Waals surface area (Å²) in [6.45, 7) is 0. The first-order valence-electron chi connectivity index (χ1n) is 7.27. The fourth-order valence-corrected chi connectivity index (χ4v) is 2.98. The van der Waals surface area contributed by atoms with Gasteiger partial charge in [-0.15, -0.1) is 0 Å². The Morgan fingerprint density at radius 2 is 1.81 bits per heavy atom. The zero-order chi connectivity index (χ0) is 14.8. The average molecular weight is 346 g/mol. The molecule has 1 N–H and O–H groups in total. The van der Waals surface area contributed by atoms with Crippen LogP contribution in [0.2, 0.25) is 0 Å². The molecule has 1 fully saturated rings. The molecule has 1 aliphatic rings. The van der Waals surface area contributed by atoms with Crippen LogP contribution in [0, 0.1) is 0 Å². The van der Waals surface area contributed by atoms with E-state index in [1.54, 1.807) is 0 Å². The molecule has 0 spiro atoms. The highest BCUT2D eigenvalue weighted by molar-refractivity contribution is 9.10. The van der Waals surface area contributed by atoms with Crippen LogP contribution in [-0.4, -0.2) is 25.1 Å². The Morgan fingerprint density at radius 3 is 2.38 bits per heavy atom. The molecule has 2 aromatic rings. The van der Waals surface area contributed by atoms with Crippen molar-refractivity contribution in [3.05, 3.63) is 52.6 Å². The first kappa shape index (κ1) is 14.4. The van der Waals surface area contributed by atoms with Crippen molar-refractivity contribution < 1.29 is 0 Å². The van der Waals surface area contributed by atoms with E-state index < -0.39 is 0 Å². The van der Waals surface area contributed by atoms with Gasteiger partial charge in [0.2, 0.25) is 0 Å². The first-order chi connectivity index (χ1) is 10.1. The van der Waals surface area contributed by atoms with Gasteiger partial charge in [-0.1, -0.05) is 28.1 Å². The standard InChI is InChI=1S/C17H20BrN3/c1-21(2)17-8-7-15(11-19-17)20-16-9-13(10-16)12-3-5-14(18)6-4-12/h3-8,11,13,16,20H,9-10H2,1-2H3. The number of aromatic nitrogens is 1. The van der Waals surface area contributed by atoms with Crippen molar-refractivity contribution in [1.29, 1.82) is 0 Å². The molecule has 0 radical (unpaired) electrons. The zero-order valence-electron chi connectivity index (χ0n) is 12.4. The second-order valence-corrected chi connectivity index (χ2v) is 6.78. The summed E-state index contributed by atoms with van der Waals surface area (Å²) in [4.78, 5) is 6.45. The molecular weight excluding hydrogens is 326 g/mol. The van der Waals surface area contributed by atoms with E-state index in [0.717, 1.165) is 16.0 Å². The Balaban J connectivity index is 1.53. The van der Waals surface area contributed by atoms with Crippen LogP contribution < -0.4 is 10.2 Å². The number of hydrogen-bond donors (Lipinski definition) is 1. The third kappa shape index (κ3) is 3.38. The van der Waals surface area contributed by atoms with Crippen molar-refractivity contribution in [3.8, 4) is 0 Å². The normalized spacial score (nSPS) is 20.7. The fourth-order valence-electron chi connectivity index (χ4n) is 2.71. The highest BCUT2D eigenvalue weighted by Gasteiger charge is 2.30. The summed E-state index contributed by atoms with van der Waals surface area (Å²) in [5, 5.41) is 3.57. The van der Waals surface area contributed by atoms with Crippen LogP contribution in [0.5, 0.6) is 0 Å². The van der Waals surface area contributed by atoms with E-state index in [1.807, 2.05) is 31.3 Å². The predicted octanol–water partition coefficient (Wildman–Crippen LogP) is 4.27. The maximum atomic E-state index is 4.43. The molecule has 3 nitrogen and oxygen atoms in total. The third-order valence-corrected chi connectivity index (χ3v) is 4.59. The topological polar surface area (TPSA) is 28.2 Å². The first-order valence-corrected chi connectivity index (χ1v) is 8.06. The summed E-state index contributed by atoms with van der Waals surface area (Å²) in [6, 6.07) is 13.4. The van der Waals surface area contributed by atoms with Crippen LogP contribution in [0.1, 0.15) is 24.3 Å². The number of benzene rings is 1. The monoisotopic (exact) mass is 345 g/mol. The maximum absolute atomic E-state index is 4.43. The van der Waals surface area contributed by atoms with Gasteiger partial charge in [0.1, 0.15) is 5.82 Å². The fraction of sp³-hybridized carbons (Fsp3) is 0.353. The van der Waals surface area contributed by atoms with Crippen LogP contribution in [0.3, 0.4) is 0 Å². The number of nitrogens with one attached hydrogen (secondary N) is 1. The molecule has 1 saturated carbocycles. The summed E-state index contributed by atoms with van der Waals surface area (Å²) in [5.74, 6) is 1.67. The van der Waals surface area contributed by atoms with Crippen molar-refractivity contribution in [2.75, 3.05) is 24.3 Å². The maximum Gasteiger partial charge on any atom is 0.128 e. The van der Waals surface area contributed by atoms with Gasteiger partial charge in [-0.25, -0.2) is 4.98 Å². The highest BCUT2D eigenvalue weighted by Crippen LogP contribution is 2.38. The molecule has 0 bridgehead atoms. The molecule has 0 atom stereocenters. The molecule has 1 aliphatic carbocycles. The van der Waals surface area contributed by atoms with Crippen molar-refractivity contribution in [1.82, 2.24) is 4.98 Å². The van der Waals surface area contributed by atoms with Gasteiger partial charge in [0.05, 0.1) is 11.9 Å². The molecule has 110 valence electrons. The lowest BCUT2D eigenvalue weighted by Crippen LogP contribution is -2.34. The minimum Gasteiger partial charge on any atom is -0.381 e. The molecule has 4 heteroatoms. The minimum absolute atomic E-state index is 0.561.